The van der Waals surface area contributed by atoms with Crippen LogP contribution in [0.25, 0.3) is 0 Å². The molecule has 0 atom stereocenters. The molecule has 2 aromatic rings. The summed E-state index contributed by atoms with van der Waals surface area (Å²) in [6, 6.07) is 8.33. The van der Waals surface area contributed by atoms with Crippen molar-refractivity contribution >= 4 is 31.5 Å². The lowest BCUT2D eigenvalue weighted by Crippen LogP contribution is -2.08. The fourth-order valence-corrected chi connectivity index (χ4v) is 3.54. The molecular weight excluding hydrogens is 328 g/mol. The van der Waals surface area contributed by atoms with E-state index < -0.39 is 9.84 Å². The summed E-state index contributed by atoms with van der Waals surface area (Å²) < 4.78 is 25.5. The molecule has 0 amide bonds. The predicted octanol–water partition coefficient (Wildman–Crippen LogP) is 2.71. The Morgan fingerprint density at radius 3 is 2.63 bits per heavy atom. The fraction of sp³-hybridized carbons (Fsp3) is 0.154. The highest BCUT2D eigenvalue weighted by Gasteiger charge is 2.18. The van der Waals surface area contributed by atoms with Gasteiger partial charge in [-0.3, -0.25) is 4.98 Å². The number of hydrogen-bond acceptors (Lipinski definition) is 4. The molecule has 2 N–H and O–H groups in total. The molecule has 0 aliphatic carbocycles. The molecule has 0 saturated heterocycles. The van der Waals surface area contributed by atoms with Gasteiger partial charge in [0.1, 0.15) is 0 Å². The monoisotopic (exact) mass is 340 g/mol. The van der Waals surface area contributed by atoms with Crippen LogP contribution in [0.2, 0.25) is 0 Å². The van der Waals surface area contributed by atoms with Crippen LogP contribution in [0.4, 0.5) is 5.69 Å². The maximum absolute atomic E-state index is 12.4. The third-order valence-corrected chi connectivity index (χ3v) is 4.93. The zero-order valence-electron chi connectivity index (χ0n) is 10.3. The molecule has 19 heavy (non-hydrogen) atoms. The first-order valence-corrected chi connectivity index (χ1v) is 8.02. The van der Waals surface area contributed by atoms with Crippen molar-refractivity contribution in [1.82, 2.24) is 4.98 Å². The van der Waals surface area contributed by atoms with Crippen molar-refractivity contribution in [2.24, 2.45) is 0 Å². The van der Waals surface area contributed by atoms with Crippen molar-refractivity contribution in [1.29, 1.82) is 0 Å². The Morgan fingerprint density at radius 1 is 1.26 bits per heavy atom. The van der Waals surface area contributed by atoms with E-state index in [2.05, 4.69) is 20.9 Å². The lowest BCUT2D eigenvalue weighted by Gasteiger charge is -2.08. The van der Waals surface area contributed by atoms with Crippen LogP contribution in [0.3, 0.4) is 0 Å². The van der Waals surface area contributed by atoms with Crippen molar-refractivity contribution in [3.63, 3.8) is 0 Å². The highest BCUT2D eigenvalue weighted by Crippen LogP contribution is 2.22. The number of pyridine rings is 1. The lowest BCUT2D eigenvalue weighted by molar-refractivity contribution is 0.594. The highest BCUT2D eigenvalue weighted by molar-refractivity contribution is 9.10. The van der Waals surface area contributed by atoms with E-state index in [4.69, 9.17) is 5.73 Å². The van der Waals surface area contributed by atoms with Crippen molar-refractivity contribution in [2.45, 2.75) is 17.6 Å². The second-order valence-corrected chi connectivity index (χ2v) is 7.13. The molecule has 0 unspecified atom stereocenters. The third-order valence-electron chi connectivity index (χ3n) is 2.67. The van der Waals surface area contributed by atoms with Gasteiger partial charge in [0.2, 0.25) is 0 Å². The molecule has 0 radical (unpaired) electrons. The fourth-order valence-electron chi connectivity index (χ4n) is 1.72. The molecule has 0 spiro atoms. The summed E-state index contributed by atoms with van der Waals surface area (Å²) in [5, 5.41) is 0. The van der Waals surface area contributed by atoms with Gasteiger partial charge >= 0.3 is 0 Å². The summed E-state index contributed by atoms with van der Waals surface area (Å²) in [6.45, 7) is 1.75. The van der Waals surface area contributed by atoms with Gasteiger partial charge in [0.15, 0.2) is 9.84 Å². The van der Waals surface area contributed by atoms with Crippen LogP contribution in [0.1, 0.15) is 11.3 Å². The number of nitrogens with two attached hydrogens (primary N) is 1. The average molecular weight is 341 g/mol. The third kappa shape index (κ3) is 3.33. The smallest absolute Gasteiger partial charge is 0.184 e. The predicted molar refractivity (Wildman–Crippen MR) is 78.4 cm³/mol. The van der Waals surface area contributed by atoms with Gasteiger partial charge in [0.05, 0.1) is 16.3 Å². The maximum atomic E-state index is 12.4. The molecule has 0 saturated carbocycles. The zero-order valence-corrected chi connectivity index (χ0v) is 12.7. The first-order chi connectivity index (χ1) is 8.88. The van der Waals surface area contributed by atoms with E-state index in [-0.39, 0.29) is 10.6 Å². The number of rotatable bonds is 3. The quantitative estimate of drug-likeness (QED) is 0.872. The summed E-state index contributed by atoms with van der Waals surface area (Å²) in [7, 11) is -3.44. The van der Waals surface area contributed by atoms with Gasteiger partial charge < -0.3 is 5.73 Å². The first kappa shape index (κ1) is 14.0. The van der Waals surface area contributed by atoms with Crippen LogP contribution < -0.4 is 5.73 Å². The molecule has 2 rings (SSSR count). The van der Waals surface area contributed by atoms with E-state index >= 15 is 0 Å². The summed E-state index contributed by atoms with van der Waals surface area (Å²) in [5.74, 6) is -0.134. The van der Waals surface area contributed by atoms with Crippen molar-refractivity contribution in [3.8, 4) is 0 Å². The van der Waals surface area contributed by atoms with Crippen LogP contribution in [0.5, 0.6) is 0 Å². The molecule has 0 fully saturated rings. The maximum Gasteiger partial charge on any atom is 0.184 e. The van der Waals surface area contributed by atoms with E-state index in [9.17, 15) is 8.42 Å². The standard InChI is InChI=1S/C13H13BrN2O2S/c1-9-2-4-11(15)6-13(9)19(17,18)8-12-5-3-10(14)7-16-12/h2-7H,8,15H2,1H3. The molecular formula is C13H13BrN2O2S. The minimum absolute atomic E-state index is 0.134. The van der Waals surface area contributed by atoms with E-state index in [1.54, 1.807) is 37.4 Å². The summed E-state index contributed by atoms with van der Waals surface area (Å²) in [4.78, 5) is 4.35. The molecule has 0 aliphatic rings. The molecule has 0 aliphatic heterocycles. The van der Waals surface area contributed by atoms with E-state index in [0.29, 0.717) is 16.9 Å². The van der Waals surface area contributed by atoms with Crippen LogP contribution in [0, 0.1) is 6.92 Å². The van der Waals surface area contributed by atoms with Crippen LogP contribution in [-0.2, 0) is 15.6 Å². The SMILES string of the molecule is Cc1ccc(N)cc1S(=O)(=O)Cc1ccc(Br)cn1. The minimum atomic E-state index is -3.44. The second-order valence-electron chi connectivity index (χ2n) is 4.25. The molecule has 1 aromatic heterocycles. The Bertz CT molecular complexity index is 697. The number of anilines is 1. The molecule has 100 valence electrons. The number of sulfone groups is 1. The Balaban J connectivity index is 2.37. The number of aryl methyl sites for hydroxylation is 1. The Labute approximate surface area is 120 Å². The Morgan fingerprint density at radius 2 is 2.00 bits per heavy atom. The first-order valence-electron chi connectivity index (χ1n) is 5.58. The van der Waals surface area contributed by atoms with Crippen molar-refractivity contribution < 1.29 is 8.42 Å². The molecule has 0 bridgehead atoms. The molecule has 4 nitrogen and oxygen atoms in total. The number of benzene rings is 1. The van der Waals surface area contributed by atoms with Gasteiger partial charge in [0.25, 0.3) is 0 Å². The van der Waals surface area contributed by atoms with Crippen LogP contribution >= 0.6 is 15.9 Å². The number of nitrogen functional groups attached to an aromatic ring is 1. The van der Waals surface area contributed by atoms with Gasteiger partial charge in [-0.2, -0.15) is 0 Å². The van der Waals surface area contributed by atoms with E-state index in [1.165, 1.54) is 6.07 Å². The lowest BCUT2D eigenvalue weighted by atomic mass is 10.2. The van der Waals surface area contributed by atoms with Gasteiger partial charge in [0, 0.05) is 16.4 Å². The number of nitrogens with zero attached hydrogens (tertiary/aromatic N) is 1. The van der Waals surface area contributed by atoms with Crippen molar-refractivity contribution in [2.75, 3.05) is 5.73 Å². The zero-order chi connectivity index (χ0) is 14.0. The van der Waals surface area contributed by atoms with E-state index in [1.807, 2.05) is 0 Å². The van der Waals surface area contributed by atoms with Crippen LogP contribution in [-0.4, -0.2) is 13.4 Å². The normalized spacial score (nSPS) is 11.5. The summed E-state index contributed by atoms with van der Waals surface area (Å²) in [6.07, 6.45) is 1.58. The number of halogens is 1. The number of aromatic nitrogens is 1. The Kier molecular flexibility index (Phi) is 3.91. The van der Waals surface area contributed by atoms with E-state index in [0.717, 1.165) is 4.47 Å². The number of hydrogen-bond donors (Lipinski definition) is 1. The average Bonchev–Trinajstić information content (AvgIpc) is 2.35. The summed E-state index contributed by atoms with van der Waals surface area (Å²) in [5.41, 5.74) is 7.28. The van der Waals surface area contributed by atoms with Gasteiger partial charge in [-0.05, 0) is 52.7 Å². The molecule has 1 heterocycles. The van der Waals surface area contributed by atoms with Crippen LogP contribution in [0.15, 0.2) is 45.9 Å². The molecule has 1 aromatic carbocycles. The highest BCUT2D eigenvalue weighted by atomic mass is 79.9. The van der Waals surface area contributed by atoms with Gasteiger partial charge in [-0.25, -0.2) is 8.42 Å². The van der Waals surface area contributed by atoms with Crippen molar-refractivity contribution in [3.05, 3.63) is 52.3 Å². The summed E-state index contributed by atoms with van der Waals surface area (Å²) >= 11 is 3.26. The Hall–Kier alpha value is -1.40. The van der Waals surface area contributed by atoms with Gasteiger partial charge in [-0.1, -0.05) is 6.07 Å². The molecule has 6 heteroatoms. The van der Waals surface area contributed by atoms with Gasteiger partial charge in [-0.15, -0.1) is 0 Å². The second kappa shape index (κ2) is 5.30. The minimum Gasteiger partial charge on any atom is -0.399 e. The largest absolute Gasteiger partial charge is 0.399 e. The topological polar surface area (TPSA) is 73.1 Å².